The minimum Gasteiger partial charge on any atom is -0.465 e. The number of nitrogens with zero attached hydrogens (tertiary/aromatic N) is 2. The van der Waals surface area contributed by atoms with E-state index in [1.807, 2.05) is 6.07 Å². The molecule has 1 N–H and O–H groups in total. The number of ether oxygens (including phenoxy) is 1. The lowest BCUT2D eigenvalue weighted by molar-refractivity contribution is 0.0600. The van der Waals surface area contributed by atoms with Gasteiger partial charge in [-0.3, -0.25) is 15.1 Å². The fourth-order valence-corrected chi connectivity index (χ4v) is 3.16. The third-order valence-electron chi connectivity index (χ3n) is 3.81. The van der Waals surface area contributed by atoms with Crippen molar-refractivity contribution in [2.24, 2.45) is 0 Å². The molecule has 0 bridgehead atoms. The molecule has 2 heterocycles. The van der Waals surface area contributed by atoms with Gasteiger partial charge in [-0.05, 0) is 36.2 Å². The Hall–Kier alpha value is -3.13. The molecule has 3 aromatic rings. The van der Waals surface area contributed by atoms with Crippen LogP contribution in [0.4, 0.5) is 9.52 Å². The number of methoxy groups -OCH3 is 1. The number of aromatic nitrogens is 2. The van der Waals surface area contributed by atoms with Crippen LogP contribution in [-0.2, 0) is 11.2 Å². The van der Waals surface area contributed by atoms with Gasteiger partial charge in [0.1, 0.15) is 11.5 Å². The molecular weight excluding hydrogens is 369 g/mol. The smallest absolute Gasteiger partial charge is 0.339 e. The van der Waals surface area contributed by atoms with Gasteiger partial charge in [-0.15, -0.1) is 11.3 Å². The Morgan fingerprint density at radius 1 is 1.19 bits per heavy atom. The molecule has 0 radical (unpaired) electrons. The topological polar surface area (TPSA) is 81.2 Å². The average molecular weight is 385 g/mol. The number of hydrogen-bond acceptors (Lipinski definition) is 6. The molecule has 8 heteroatoms. The summed E-state index contributed by atoms with van der Waals surface area (Å²) in [4.78, 5) is 32.6. The zero-order chi connectivity index (χ0) is 19.4. The van der Waals surface area contributed by atoms with Gasteiger partial charge >= 0.3 is 5.97 Å². The van der Waals surface area contributed by atoms with Crippen LogP contribution in [0.25, 0.3) is 0 Å². The molecule has 1 amide bonds. The maximum Gasteiger partial charge on any atom is 0.339 e. The Kier molecular flexibility index (Phi) is 5.56. The number of anilines is 1. The van der Waals surface area contributed by atoms with E-state index < -0.39 is 11.9 Å². The molecule has 0 fully saturated rings. The van der Waals surface area contributed by atoms with Crippen molar-refractivity contribution in [3.8, 4) is 0 Å². The van der Waals surface area contributed by atoms with E-state index in [0.717, 1.165) is 10.4 Å². The van der Waals surface area contributed by atoms with Gasteiger partial charge in [-0.2, -0.15) is 0 Å². The second kappa shape index (κ2) is 8.05. The predicted octanol–water partition coefficient (Wildman–Crippen LogP) is 3.62. The lowest BCUT2D eigenvalue weighted by atomic mass is 10.1. The SMILES string of the molecule is COC(=O)c1ccc(C(=O)Nc2ncc(Cc3ccc(C)c(F)c3)s2)nc1. The van der Waals surface area contributed by atoms with Gasteiger partial charge in [0.2, 0.25) is 0 Å². The van der Waals surface area contributed by atoms with Crippen molar-refractivity contribution in [1.82, 2.24) is 9.97 Å². The van der Waals surface area contributed by atoms with E-state index in [1.165, 1.54) is 42.8 Å². The number of carbonyl (C=O) groups excluding carboxylic acids is 2. The second-order valence-electron chi connectivity index (χ2n) is 5.77. The number of amides is 1. The van der Waals surface area contributed by atoms with Crippen LogP contribution in [-0.4, -0.2) is 29.0 Å². The Bertz CT molecular complexity index is 986. The van der Waals surface area contributed by atoms with E-state index >= 15 is 0 Å². The van der Waals surface area contributed by atoms with Gasteiger partial charge in [0.05, 0.1) is 12.7 Å². The maximum atomic E-state index is 13.6. The molecule has 138 valence electrons. The highest BCUT2D eigenvalue weighted by atomic mass is 32.1. The highest BCUT2D eigenvalue weighted by Gasteiger charge is 2.13. The van der Waals surface area contributed by atoms with E-state index in [0.29, 0.717) is 17.1 Å². The number of pyridine rings is 1. The summed E-state index contributed by atoms with van der Waals surface area (Å²) in [7, 11) is 1.27. The molecular formula is C19H16FN3O3S. The van der Waals surface area contributed by atoms with E-state index in [4.69, 9.17) is 0 Å². The molecule has 6 nitrogen and oxygen atoms in total. The van der Waals surface area contributed by atoms with Crippen molar-refractivity contribution in [1.29, 1.82) is 0 Å². The summed E-state index contributed by atoms with van der Waals surface area (Å²) >= 11 is 1.31. The van der Waals surface area contributed by atoms with Gasteiger partial charge in [-0.25, -0.2) is 14.2 Å². The maximum absolute atomic E-state index is 13.6. The van der Waals surface area contributed by atoms with E-state index in [9.17, 15) is 14.0 Å². The molecule has 2 aromatic heterocycles. The summed E-state index contributed by atoms with van der Waals surface area (Å²) < 4.78 is 18.2. The molecule has 0 unspecified atom stereocenters. The molecule has 27 heavy (non-hydrogen) atoms. The van der Waals surface area contributed by atoms with Gasteiger partial charge < -0.3 is 4.74 Å². The van der Waals surface area contributed by atoms with Crippen molar-refractivity contribution < 1.29 is 18.7 Å². The quantitative estimate of drug-likeness (QED) is 0.679. The predicted molar refractivity (Wildman–Crippen MR) is 99.6 cm³/mol. The zero-order valence-corrected chi connectivity index (χ0v) is 15.5. The third kappa shape index (κ3) is 4.53. The molecule has 0 aliphatic heterocycles. The summed E-state index contributed by atoms with van der Waals surface area (Å²) in [5.41, 5.74) is 1.84. The first kappa shape index (κ1) is 18.7. The van der Waals surface area contributed by atoms with E-state index in [1.54, 1.807) is 19.2 Å². The van der Waals surface area contributed by atoms with Crippen LogP contribution in [0.1, 0.15) is 36.9 Å². The second-order valence-corrected chi connectivity index (χ2v) is 6.89. The lowest BCUT2D eigenvalue weighted by Crippen LogP contribution is -2.14. The molecule has 0 aliphatic carbocycles. The summed E-state index contributed by atoms with van der Waals surface area (Å²) in [6.07, 6.45) is 3.45. The minimum atomic E-state index is -0.522. The average Bonchev–Trinajstić information content (AvgIpc) is 3.11. The normalized spacial score (nSPS) is 10.5. The van der Waals surface area contributed by atoms with Crippen molar-refractivity contribution in [3.63, 3.8) is 0 Å². The Morgan fingerprint density at radius 2 is 2.00 bits per heavy atom. The highest BCUT2D eigenvalue weighted by Crippen LogP contribution is 2.22. The van der Waals surface area contributed by atoms with Crippen LogP contribution < -0.4 is 5.32 Å². The first-order chi connectivity index (χ1) is 13.0. The number of halogens is 1. The number of esters is 1. The van der Waals surface area contributed by atoms with Crippen LogP contribution in [0.15, 0.2) is 42.7 Å². The minimum absolute atomic E-state index is 0.153. The number of rotatable bonds is 5. The first-order valence-electron chi connectivity index (χ1n) is 8.01. The van der Waals surface area contributed by atoms with Crippen molar-refractivity contribution in [2.45, 2.75) is 13.3 Å². The molecule has 3 rings (SSSR count). The number of benzene rings is 1. The number of hydrogen-bond donors (Lipinski definition) is 1. The number of aryl methyl sites for hydroxylation is 1. The van der Waals surface area contributed by atoms with Crippen molar-refractivity contribution >= 4 is 28.3 Å². The Morgan fingerprint density at radius 3 is 2.67 bits per heavy atom. The van der Waals surface area contributed by atoms with Gasteiger partial charge in [0.15, 0.2) is 5.13 Å². The number of thiazole rings is 1. The van der Waals surface area contributed by atoms with Crippen LogP contribution in [0, 0.1) is 12.7 Å². The summed E-state index contributed by atoms with van der Waals surface area (Å²) in [6, 6.07) is 8.00. The molecule has 0 saturated heterocycles. The number of carbonyl (C=O) groups is 2. The monoisotopic (exact) mass is 385 g/mol. The third-order valence-corrected chi connectivity index (χ3v) is 4.72. The first-order valence-corrected chi connectivity index (χ1v) is 8.83. The summed E-state index contributed by atoms with van der Waals surface area (Å²) in [5, 5.41) is 3.08. The van der Waals surface area contributed by atoms with Gasteiger partial charge in [0, 0.05) is 23.7 Å². The standard InChI is InChI=1S/C19H16FN3O3S/c1-11-3-4-12(8-15(11)20)7-14-10-22-19(27-14)23-17(24)16-6-5-13(9-21-16)18(25)26-2/h3-6,8-10H,7H2,1-2H3,(H,22,23,24). The summed E-state index contributed by atoms with van der Waals surface area (Å²) in [5.74, 6) is -1.20. The van der Waals surface area contributed by atoms with Crippen LogP contribution in [0.2, 0.25) is 0 Å². The Labute approximate surface area is 159 Å². The zero-order valence-electron chi connectivity index (χ0n) is 14.7. The largest absolute Gasteiger partial charge is 0.465 e. The molecule has 0 aliphatic rings. The number of nitrogens with one attached hydrogen (secondary N) is 1. The molecule has 0 saturated carbocycles. The lowest BCUT2D eigenvalue weighted by Gasteiger charge is -2.02. The molecule has 1 aromatic carbocycles. The van der Waals surface area contributed by atoms with Crippen LogP contribution in [0.3, 0.4) is 0 Å². The van der Waals surface area contributed by atoms with E-state index in [-0.39, 0.29) is 17.1 Å². The fourth-order valence-electron chi connectivity index (χ4n) is 2.32. The van der Waals surface area contributed by atoms with Crippen molar-refractivity contribution in [2.75, 3.05) is 12.4 Å². The van der Waals surface area contributed by atoms with Crippen LogP contribution in [0.5, 0.6) is 0 Å². The highest BCUT2D eigenvalue weighted by molar-refractivity contribution is 7.15. The van der Waals surface area contributed by atoms with E-state index in [2.05, 4.69) is 20.0 Å². The van der Waals surface area contributed by atoms with Gasteiger partial charge in [-0.1, -0.05) is 12.1 Å². The molecule has 0 spiro atoms. The van der Waals surface area contributed by atoms with Gasteiger partial charge in [0.25, 0.3) is 5.91 Å². The Balaban J connectivity index is 1.65. The fraction of sp³-hybridized carbons (Fsp3) is 0.158. The molecule has 0 atom stereocenters. The van der Waals surface area contributed by atoms with Crippen LogP contribution >= 0.6 is 11.3 Å². The van der Waals surface area contributed by atoms with Crippen molar-refractivity contribution in [3.05, 3.63) is 75.8 Å². The summed E-state index contributed by atoms with van der Waals surface area (Å²) in [6.45, 7) is 1.71.